The number of carbonyl (C=O) groups excluding carboxylic acids is 1. The van der Waals surface area contributed by atoms with Crippen molar-refractivity contribution in [2.45, 2.75) is 32.2 Å². The molecule has 1 saturated heterocycles. The van der Waals surface area contributed by atoms with Crippen molar-refractivity contribution in [1.29, 1.82) is 0 Å². The van der Waals surface area contributed by atoms with Gasteiger partial charge in [0.1, 0.15) is 11.3 Å². The maximum atomic E-state index is 12.6. The number of pyridine rings is 1. The highest BCUT2D eigenvalue weighted by Gasteiger charge is 2.31. The molecule has 3 aromatic rings. The maximum Gasteiger partial charge on any atom is 0.321 e. The van der Waals surface area contributed by atoms with Gasteiger partial charge in [-0.05, 0) is 43.2 Å². The summed E-state index contributed by atoms with van der Waals surface area (Å²) in [6.45, 7) is 4.39. The van der Waals surface area contributed by atoms with Crippen molar-refractivity contribution < 1.29 is 4.79 Å². The van der Waals surface area contributed by atoms with E-state index in [1.165, 1.54) is 0 Å². The monoisotopic (exact) mass is 383 g/mol. The van der Waals surface area contributed by atoms with Crippen LogP contribution < -0.4 is 5.32 Å². The first-order valence-electron chi connectivity index (χ1n) is 9.28. The van der Waals surface area contributed by atoms with E-state index in [0.717, 1.165) is 36.4 Å². The molecule has 27 heavy (non-hydrogen) atoms. The SMILES string of the molecule is CCCn1c([C@H]2CCN(C(=O)Nc3cccc(Cl)c3)C2)nc2cccnc21. The molecule has 1 aliphatic rings. The number of likely N-dealkylation sites (tertiary alicyclic amines) is 1. The number of anilines is 1. The van der Waals surface area contributed by atoms with Gasteiger partial charge < -0.3 is 14.8 Å². The molecule has 4 rings (SSSR count). The smallest absolute Gasteiger partial charge is 0.321 e. The molecule has 140 valence electrons. The average molecular weight is 384 g/mol. The van der Waals surface area contributed by atoms with Crippen molar-refractivity contribution in [1.82, 2.24) is 19.4 Å². The number of urea groups is 1. The number of nitrogens with zero attached hydrogens (tertiary/aromatic N) is 4. The first kappa shape index (κ1) is 17.8. The third-order valence-corrected chi connectivity index (χ3v) is 5.13. The van der Waals surface area contributed by atoms with Crippen molar-refractivity contribution in [2.24, 2.45) is 0 Å². The van der Waals surface area contributed by atoms with E-state index in [0.29, 0.717) is 23.8 Å². The van der Waals surface area contributed by atoms with Gasteiger partial charge in [0.15, 0.2) is 5.65 Å². The Morgan fingerprint density at radius 1 is 1.33 bits per heavy atom. The Bertz CT molecular complexity index is 970. The van der Waals surface area contributed by atoms with E-state index in [2.05, 4.69) is 21.8 Å². The van der Waals surface area contributed by atoms with E-state index >= 15 is 0 Å². The van der Waals surface area contributed by atoms with Gasteiger partial charge in [-0.1, -0.05) is 24.6 Å². The number of benzene rings is 1. The molecular weight excluding hydrogens is 362 g/mol. The number of imidazole rings is 1. The number of aryl methyl sites for hydroxylation is 1. The molecule has 2 aromatic heterocycles. The maximum absolute atomic E-state index is 12.6. The minimum atomic E-state index is -0.101. The lowest BCUT2D eigenvalue weighted by Gasteiger charge is -2.18. The molecule has 0 radical (unpaired) electrons. The molecule has 1 aliphatic heterocycles. The predicted molar refractivity (Wildman–Crippen MR) is 107 cm³/mol. The van der Waals surface area contributed by atoms with Crippen molar-refractivity contribution in [2.75, 3.05) is 18.4 Å². The zero-order valence-corrected chi connectivity index (χ0v) is 16.0. The Hall–Kier alpha value is -2.60. The van der Waals surface area contributed by atoms with E-state index in [4.69, 9.17) is 16.6 Å². The molecule has 7 heteroatoms. The van der Waals surface area contributed by atoms with Gasteiger partial charge in [0.05, 0.1) is 0 Å². The Balaban J connectivity index is 1.52. The largest absolute Gasteiger partial charge is 0.324 e. The number of halogens is 1. The Morgan fingerprint density at radius 2 is 2.22 bits per heavy atom. The van der Waals surface area contributed by atoms with Gasteiger partial charge in [0.25, 0.3) is 0 Å². The van der Waals surface area contributed by atoms with Gasteiger partial charge >= 0.3 is 6.03 Å². The topological polar surface area (TPSA) is 63.1 Å². The van der Waals surface area contributed by atoms with Crippen LogP contribution in [0.25, 0.3) is 11.2 Å². The quantitative estimate of drug-likeness (QED) is 0.720. The molecule has 1 N–H and O–H groups in total. The van der Waals surface area contributed by atoms with Gasteiger partial charge in [-0.2, -0.15) is 0 Å². The van der Waals surface area contributed by atoms with Gasteiger partial charge in [0, 0.05) is 42.5 Å². The molecule has 0 aliphatic carbocycles. The van der Waals surface area contributed by atoms with Crippen LogP contribution in [0.1, 0.15) is 31.5 Å². The standard InChI is InChI=1S/C20H22ClN5O/c1-2-10-26-18(24-17-7-4-9-22-19(17)26)14-8-11-25(13-14)20(27)23-16-6-3-5-15(21)12-16/h3-7,9,12,14H,2,8,10-11,13H2,1H3,(H,23,27)/t14-/m0/s1. The second-order valence-electron chi connectivity index (χ2n) is 6.84. The van der Waals surface area contributed by atoms with Gasteiger partial charge in [0.2, 0.25) is 0 Å². The summed E-state index contributed by atoms with van der Waals surface area (Å²) in [6, 6.07) is 11.0. The van der Waals surface area contributed by atoms with Crippen molar-refractivity contribution in [3.63, 3.8) is 0 Å². The molecule has 2 amide bonds. The summed E-state index contributed by atoms with van der Waals surface area (Å²) >= 11 is 6.00. The number of hydrogen-bond donors (Lipinski definition) is 1. The van der Waals surface area contributed by atoms with Crippen LogP contribution in [0.4, 0.5) is 10.5 Å². The van der Waals surface area contributed by atoms with E-state index in [1.807, 2.05) is 29.2 Å². The number of aromatic nitrogens is 3. The number of hydrogen-bond acceptors (Lipinski definition) is 3. The number of rotatable bonds is 4. The molecule has 6 nitrogen and oxygen atoms in total. The highest BCUT2D eigenvalue weighted by Crippen LogP contribution is 2.29. The number of carbonyl (C=O) groups is 1. The Morgan fingerprint density at radius 3 is 3.04 bits per heavy atom. The lowest BCUT2D eigenvalue weighted by Crippen LogP contribution is -2.33. The van der Waals surface area contributed by atoms with Crippen LogP contribution >= 0.6 is 11.6 Å². The van der Waals surface area contributed by atoms with E-state index < -0.39 is 0 Å². The second-order valence-corrected chi connectivity index (χ2v) is 7.28. The molecule has 1 aromatic carbocycles. The summed E-state index contributed by atoms with van der Waals surface area (Å²) < 4.78 is 2.21. The van der Waals surface area contributed by atoms with E-state index in [1.54, 1.807) is 18.3 Å². The van der Waals surface area contributed by atoms with Crippen LogP contribution in [-0.2, 0) is 6.54 Å². The van der Waals surface area contributed by atoms with Gasteiger partial charge in [-0.3, -0.25) is 0 Å². The Labute approximate surface area is 163 Å². The molecular formula is C20H22ClN5O. The van der Waals surface area contributed by atoms with Gasteiger partial charge in [-0.25, -0.2) is 14.8 Å². The molecule has 0 bridgehead atoms. The first-order valence-corrected chi connectivity index (χ1v) is 9.66. The van der Waals surface area contributed by atoms with Crippen molar-refractivity contribution in [3.05, 3.63) is 53.4 Å². The summed E-state index contributed by atoms with van der Waals surface area (Å²) in [5.41, 5.74) is 2.55. The summed E-state index contributed by atoms with van der Waals surface area (Å²) in [6.07, 6.45) is 3.72. The normalized spacial score (nSPS) is 16.8. The van der Waals surface area contributed by atoms with Crippen LogP contribution in [0, 0.1) is 0 Å². The lowest BCUT2D eigenvalue weighted by molar-refractivity contribution is 0.222. The fourth-order valence-corrected chi connectivity index (χ4v) is 3.85. The lowest BCUT2D eigenvalue weighted by atomic mass is 10.1. The molecule has 0 saturated carbocycles. The van der Waals surface area contributed by atoms with Crippen LogP contribution in [-0.4, -0.2) is 38.6 Å². The third kappa shape index (κ3) is 3.62. The number of amides is 2. The minimum Gasteiger partial charge on any atom is -0.324 e. The average Bonchev–Trinajstić information content (AvgIpc) is 3.27. The molecule has 0 spiro atoms. The highest BCUT2D eigenvalue weighted by molar-refractivity contribution is 6.30. The fourth-order valence-electron chi connectivity index (χ4n) is 3.66. The number of nitrogens with one attached hydrogen (secondary N) is 1. The fraction of sp³-hybridized carbons (Fsp3) is 0.350. The van der Waals surface area contributed by atoms with Crippen LogP contribution in [0.5, 0.6) is 0 Å². The summed E-state index contributed by atoms with van der Waals surface area (Å²) in [7, 11) is 0. The van der Waals surface area contributed by atoms with Crippen LogP contribution in [0.3, 0.4) is 0 Å². The van der Waals surface area contributed by atoms with Crippen LogP contribution in [0.2, 0.25) is 5.02 Å². The first-order chi connectivity index (χ1) is 13.2. The van der Waals surface area contributed by atoms with Crippen LogP contribution in [0.15, 0.2) is 42.6 Å². The Kier molecular flexibility index (Phi) is 4.99. The zero-order valence-electron chi connectivity index (χ0n) is 15.2. The summed E-state index contributed by atoms with van der Waals surface area (Å²) in [4.78, 5) is 23.8. The highest BCUT2D eigenvalue weighted by atomic mass is 35.5. The van der Waals surface area contributed by atoms with E-state index in [9.17, 15) is 4.79 Å². The summed E-state index contributed by atoms with van der Waals surface area (Å²) in [5.74, 6) is 1.25. The molecule has 1 atom stereocenters. The molecule has 1 fully saturated rings. The van der Waals surface area contributed by atoms with Gasteiger partial charge in [-0.15, -0.1) is 0 Å². The van der Waals surface area contributed by atoms with E-state index in [-0.39, 0.29) is 11.9 Å². The number of fused-ring (bicyclic) bond motifs is 1. The third-order valence-electron chi connectivity index (χ3n) is 4.90. The van der Waals surface area contributed by atoms with Crippen molar-refractivity contribution in [3.8, 4) is 0 Å². The zero-order chi connectivity index (χ0) is 18.8. The minimum absolute atomic E-state index is 0.101. The van der Waals surface area contributed by atoms with Crippen molar-refractivity contribution >= 4 is 34.5 Å². The predicted octanol–water partition coefficient (Wildman–Crippen LogP) is 4.52. The molecule has 0 unspecified atom stereocenters. The molecule has 3 heterocycles. The summed E-state index contributed by atoms with van der Waals surface area (Å²) in [5, 5.41) is 3.53. The second kappa shape index (κ2) is 7.56.